The van der Waals surface area contributed by atoms with Crippen LogP contribution in [0.3, 0.4) is 0 Å². The predicted octanol–water partition coefficient (Wildman–Crippen LogP) is 2.61. The molecule has 106 valence electrons. The number of alkyl halides is 3. The molecule has 2 aromatic heterocycles. The van der Waals surface area contributed by atoms with Gasteiger partial charge in [0, 0.05) is 24.9 Å². The van der Waals surface area contributed by atoms with Gasteiger partial charge in [-0.3, -0.25) is 4.98 Å². The van der Waals surface area contributed by atoms with Crippen molar-refractivity contribution in [2.75, 3.05) is 19.5 Å². The van der Waals surface area contributed by atoms with Crippen molar-refractivity contribution < 1.29 is 17.9 Å². The molecule has 0 aliphatic rings. The van der Waals surface area contributed by atoms with Gasteiger partial charge in [-0.15, -0.1) is 0 Å². The minimum Gasteiger partial charge on any atom is -0.495 e. The van der Waals surface area contributed by atoms with Crippen molar-refractivity contribution in [3.63, 3.8) is 0 Å². The van der Waals surface area contributed by atoms with Crippen molar-refractivity contribution in [1.82, 2.24) is 15.0 Å². The van der Waals surface area contributed by atoms with Crippen LogP contribution in [0, 0.1) is 0 Å². The quantitative estimate of drug-likeness (QED) is 0.938. The van der Waals surface area contributed by atoms with E-state index in [0.29, 0.717) is 11.3 Å². The molecular weight excluding hydrogens is 273 g/mol. The van der Waals surface area contributed by atoms with E-state index in [1.165, 1.54) is 32.6 Å². The second kappa shape index (κ2) is 5.32. The molecule has 0 aliphatic carbocycles. The Bertz CT molecular complexity index is 616. The van der Waals surface area contributed by atoms with Gasteiger partial charge in [-0.25, -0.2) is 9.97 Å². The molecule has 0 spiro atoms. The van der Waals surface area contributed by atoms with Crippen LogP contribution >= 0.6 is 0 Å². The summed E-state index contributed by atoms with van der Waals surface area (Å²) in [5.41, 5.74) is 0.525. The zero-order valence-corrected chi connectivity index (χ0v) is 10.7. The lowest BCUT2D eigenvalue weighted by Gasteiger charge is -2.10. The van der Waals surface area contributed by atoms with Gasteiger partial charge in [-0.05, 0) is 6.07 Å². The molecule has 2 rings (SSSR count). The van der Waals surface area contributed by atoms with Gasteiger partial charge >= 0.3 is 6.18 Å². The molecule has 0 aliphatic heterocycles. The van der Waals surface area contributed by atoms with Gasteiger partial charge < -0.3 is 10.1 Å². The van der Waals surface area contributed by atoms with Gasteiger partial charge in [0.15, 0.2) is 0 Å². The number of ether oxygens (including phenoxy) is 1. The second-order valence-electron chi connectivity index (χ2n) is 3.82. The lowest BCUT2D eigenvalue weighted by atomic mass is 10.2. The second-order valence-corrected chi connectivity index (χ2v) is 3.82. The van der Waals surface area contributed by atoms with Gasteiger partial charge in [0.25, 0.3) is 0 Å². The topological polar surface area (TPSA) is 59.9 Å². The van der Waals surface area contributed by atoms with Crippen molar-refractivity contribution in [2.24, 2.45) is 0 Å². The molecule has 0 aromatic carbocycles. The number of pyridine rings is 1. The summed E-state index contributed by atoms with van der Waals surface area (Å²) in [5.74, 6) is -0.701. The number of methoxy groups -OCH3 is 1. The van der Waals surface area contributed by atoms with Crippen LogP contribution in [-0.2, 0) is 6.18 Å². The van der Waals surface area contributed by atoms with Crippen molar-refractivity contribution in [3.05, 3.63) is 30.4 Å². The largest absolute Gasteiger partial charge is 0.495 e. The third-order valence-electron chi connectivity index (χ3n) is 2.48. The zero-order chi connectivity index (χ0) is 14.8. The van der Waals surface area contributed by atoms with Crippen LogP contribution in [-0.4, -0.2) is 29.1 Å². The summed E-state index contributed by atoms with van der Waals surface area (Å²) in [4.78, 5) is 10.8. The fourth-order valence-electron chi connectivity index (χ4n) is 1.52. The maximum absolute atomic E-state index is 12.8. The Morgan fingerprint density at radius 3 is 2.50 bits per heavy atom. The summed E-state index contributed by atoms with van der Waals surface area (Å²) in [6, 6.07) is 2.96. The van der Waals surface area contributed by atoms with Crippen molar-refractivity contribution >= 4 is 5.82 Å². The van der Waals surface area contributed by atoms with E-state index in [0.717, 1.165) is 0 Å². The zero-order valence-electron chi connectivity index (χ0n) is 10.7. The Labute approximate surface area is 112 Å². The van der Waals surface area contributed by atoms with Gasteiger partial charge in [0.05, 0.1) is 19.0 Å². The summed E-state index contributed by atoms with van der Waals surface area (Å²) in [5, 5.41) is 2.58. The lowest BCUT2D eigenvalue weighted by Crippen LogP contribution is -2.13. The van der Waals surface area contributed by atoms with Crippen molar-refractivity contribution in [2.45, 2.75) is 6.18 Å². The SMILES string of the molecule is CNc1cc(-c2cncc(OC)c2)nc(C(F)(F)F)n1. The Kier molecular flexibility index (Phi) is 3.73. The van der Waals surface area contributed by atoms with Crippen molar-refractivity contribution in [1.29, 1.82) is 0 Å². The molecule has 0 amide bonds. The minimum atomic E-state index is -4.62. The molecule has 1 N–H and O–H groups in total. The number of halogens is 3. The molecule has 0 saturated carbocycles. The maximum Gasteiger partial charge on any atom is 0.451 e. The average Bonchev–Trinajstić information content (AvgIpc) is 2.46. The molecule has 0 bridgehead atoms. The lowest BCUT2D eigenvalue weighted by molar-refractivity contribution is -0.144. The maximum atomic E-state index is 12.8. The normalized spacial score (nSPS) is 11.2. The highest BCUT2D eigenvalue weighted by Gasteiger charge is 2.35. The van der Waals surface area contributed by atoms with Gasteiger partial charge in [0.1, 0.15) is 11.6 Å². The van der Waals surface area contributed by atoms with E-state index in [-0.39, 0.29) is 11.5 Å². The third kappa shape index (κ3) is 2.95. The van der Waals surface area contributed by atoms with E-state index in [9.17, 15) is 13.2 Å². The monoisotopic (exact) mass is 284 g/mol. The van der Waals surface area contributed by atoms with Crippen LogP contribution in [0.1, 0.15) is 5.82 Å². The van der Waals surface area contributed by atoms with Crippen LogP contribution in [0.15, 0.2) is 24.5 Å². The number of aromatic nitrogens is 3. The molecule has 8 heteroatoms. The first-order chi connectivity index (χ1) is 9.44. The van der Waals surface area contributed by atoms with Gasteiger partial charge in [-0.1, -0.05) is 0 Å². The highest BCUT2D eigenvalue weighted by atomic mass is 19.4. The van der Waals surface area contributed by atoms with Crippen molar-refractivity contribution in [3.8, 4) is 17.0 Å². The van der Waals surface area contributed by atoms with E-state index in [2.05, 4.69) is 20.3 Å². The molecule has 5 nitrogen and oxygen atoms in total. The Morgan fingerprint density at radius 1 is 1.15 bits per heavy atom. The van der Waals surface area contributed by atoms with Crippen LogP contribution < -0.4 is 10.1 Å². The minimum absolute atomic E-state index is 0.0742. The number of anilines is 1. The number of hydrogen-bond acceptors (Lipinski definition) is 5. The van der Waals surface area contributed by atoms with Gasteiger partial charge in [0.2, 0.25) is 5.82 Å². The summed E-state index contributed by atoms with van der Waals surface area (Å²) in [7, 11) is 2.93. The summed E-state index contributed by atoms with van der Waals surface area (Å²) >= 11 is 0. The highest BCUT2D eigenvalue weighted by Crippen LogP contribution is 2.30. The summed E-state index contributed by atoms with van der Waals surface area (Å²) in [6.45, 7) is 0. The average molecular weight is 284 g/mol. The summed E-state index contributed by atoms with van der Waals surface area (Å²) in [6.07, 6.45) is -1.76. The molecular formula is C12H11F3N4O. The number of hydrogen-bond donors (Lipinski definition) is 1. The van der Waals surface area contributed by atoms with E-state index in [1.54, 1.807) is 6.07 Å². The van der Waals surface area contributed by atoms with E-state index < -0.39 is 12.0 Å². The number of rotatable bonds is 3. The third-order valence-corrected chi connectivity index (χ3v) is 2.48. The summed E-state index contributed by atoms with van der Waals surface area (Å²) < 4.78 is 43.2. The Hall–Kier alpha value is -2.38. The molecule has 0 atom stereocenters. The van der Waals surface area contributed by atoms with Crippen LogP contribution in [0.25, 0.3) is 11.3 Å². The fraction of sp³-hybridized carbons (Fsp3) is 0.250. The highest BCUT2D eigenvalue weighted by molar-refractivity contribution is 5.63. The van der Waals surface area contributed by atoms with E-state index in [1.807, 2.05) is 0 Å². The Morgan fingerprint density at radius 2 is 1.90 bits per heavy atom. The molecule has 0 unspecified atom stereocenters. The standard InChI is InChI=1S/C12H11F3N4O/c1-16-10-4-9(18-11(19-10)12(13,14)15)7-3-8(20-2)6-17-5-7/h3-6H,1-2H3,(H,16,18,19). The van der Waals surface area contributed by atoms with Crippen LogP contribution in [0.4, 0.5) is 19.0 Å². The van der Waals surface area contributed by atoms with E-state index in [4.69, 9.17) is 4.74 Å². The molecule has 0 saturated heterocycles. The fourth-order valence-corrected chi connectivity index (χ4v) is 1.52. The number of nitrogens with one attached hydrogen (secondary N) is 1. The van der Waals surface area contributed by atoms with E-state index >= 15 is 0 Å². The van der Waals surface area contributed by atoms with Crippen LogP contribution in [0.2, 0.25) is 0 Å². The number of nitrogens with zero attached hydrogens (tertiary/aromatic N) is 3. The molecule has 0 radical (unpaired) electrons. The smallest absolute Gasteiger partial charge is 0.451 e. The first-order valence-electron chi connectivity index (χ1n) is 5.57. The van der Waals surface area contributed by atoms with Gasteiger partial charge in [-0.2, -0.15) is 13.2 Å². The molecule has 20 heavy (non-hydrogen) atoms. The predicted molar refractivity (Wildman–Crippen MR) is 66.4 cm³/mol. The first-order valence-corrected chi connectivity index (χ1v) is 5.57. The molecule has 2 heterocycles. The Balaban J connectivity index is 2.55. The molecule has 2 aromatic rings. The molecule has 0 fully saturated rings. The van der Waals surface area contributed by atoms with Crippen LogP contribution in [0.5, 0.6) is 5.75 Å². The first kappa shape index (κ1) is 14.0.